The van der Waals surface area contributed by atoms with E-state index in [1.165, 1.54) is 0 Å². The zero-order valence-corrected chi connectivity index (χ0v) is 13.2. The van der Waals surface area contributed by atoms with E-state index in [4.69, 9.17) is 4.74 Å². The molecule has 0 aliphatic heterocycles. The van der Waals surface area contributed by atoms with Crippen molar-refractivity contribution in [1.29, 1.82) is 0 Å². The lowest BCUT2D eigenvalue weighted by Gasteiger charge is -2.05. The smallest absolute Gasteiger partial charge is 0.341 e. The molecule has 4 nitrogen and oxygen atoms in total. The van der Waals surface area contributed by atoms with Gasteiger partial charge in [-0.1, -0.05) is 36.4 Å². The molecule has 0 aromatic heterocycles. The first kappa shape index (κ1) is 17.8. The number of carbonyl (C=O) groups is 1. The van der Waals surface area contributed by atoms with Crippen LogP contribution in [0.2, 0.25) is 0 Å². The van der Waals surface area contributed by atoms with Crippen molar-refractivity contribution < 1.29 is 26.7 Å². The quantitative estimate of drug-likeness (QED) is 0.746. The number of benzene rings is 2. The molecule has 0 amide bonds. The van der Waals surface area contributed by atoms with Crippen molar-refractivity contribution in [2.45, 2.75) is 10.7 Å². The van der Waals surface area contributed by atoms with Gasteiger partial charge in [-0.25, -0.2) is 13.2 Å². The lowest BCUT2D eigenvalue weighted by molar-refractivity contribution is 0.0550. The standard InChI is InChI=1S/C17H14F2O4S/c18-17(19)24(21,22)15-10-8-14(9-11-15)16(20)23-12-4-7-13-5-2-1-3-6-13/h1-11,17H,12H2/b7-4+. The van der Waals surface area contributed by atoms with Crippen LogP contribution in [0.4, 0.5) is 8.78 Å². The Morgan fingerprint density at radius 2 is 1.67 bits per heavy atom. The van der Waals surface area contributed by atoms with Crippen molar-refractivity contribution >= 4 is 21.9 Å². The van der Waals surface area contributed by atoms with E-state index in [-0.39, 0.29) is 12.2 Å². The molecule has 0 saturated carbocycles. The van der Waals surface area contributed by atoms with Crippen molar-refractivity contribution in [1.82, 2.24) is 0 Å². The van der Waals surface area contributed by atoms with Gasteiger partial charge in [0, 0.05) is 0 Å². The Kier molecular flexibility index (Phi) is 5.81. The zero-order chi connectivity index (χ0) is 17.6. The summed E-state index contributed by atoms with van der Waals surface area (Å²) in [5.74, 6) is -4.17. The molecule has 0 aliphatic carbocycles. The van der Waals surface area contributed by atoms with E-state index in [2.05, 4.69) is 0 Å². The molecule has 0 saturated heterocycles. The second-order valence-electron chi connectivity index (χ2n) is 4.74. The van der Waals surface area contributed by atoms with E-state index in [0.717, 1.165) is 29.8 Å². The molecule has 0 radical (unpaired) electrons. The van der Waals surface area contributed by atoms with Gasteiger partial charge >= 0.3 is 11.7 Å². The third-order valence-electron chi connectivity index (χ3n) is 3.07. The molecule has 0 fully saturated rings. The Bertz CT molecular complexity index is 813. The third kappa shape index (κ3) is 4.48. The number of rotatable bonds is 6. The average Bonchev–Trinajstić information content (AvgIpc) is 2.59. The van der Waals surface area contributed by atoms with Crippen molar-refractivity contribution in [3.63, 3.8) is 0 Å². The first-order valence-electron chi connectivity index (χ1n) is 6.92. The first-order chi connectivity index (χ1) is 11.4. The van der Waals surface area contributed by atoms with Gasteiger partial charge in [0.2, 0.25) is 9.84 Å². The highest BCUT2D eigenvalue weighted by atomic mass is 32.2. The van der Waals surface area contributed by atoms with Gasteiger partial charge in [0.15, 0.2) is 0 Å². The minimum Gasteiger partial charge on any atom is -0.458 e. The van der Waals surface area contributed by atoms with Crippen LogP contribution in [-0.4, -0.2) is 26.8 Å². The molecule has 2 rings (SSSR count). The highest BCUT2D eigenvalue weighted by molar-refractivity contribution is 7.91. The Labute approximate surface area is 138 Å². The highest BCUT2D eigenvalue weighted by Crippen LogP contribution is 2.18. The highest BCUT2D eigenvalue weighted by Gasteiger charge is 2.26. The van der Waals surface area contributed by atoms with Gasteiger partial charge in [0.1, 0.15) is 6.61 Å². The molecule has 0 unspecified atom stereocenters. The predicted molar refractivity (Wildman–Crippen MR) is 85.4 cm³/mol. The molecule has 24 heavy (non-hydrogen) atoms. The topological polar surface area (TPSA) is 60.4 Å². The molecule has 2 aromatic rings. The van der Waals surface area contributed by atoms with Crippen LogP contribution in [0, 0.1) is 0 Å². The van der Waals surface area contributed by atoms with Gasteiger partial charge < -0.3 is 4.74 Å². The Morgan fingerprint density at radius 3 is 2.25 bits per heavy atom. The van der Waals surface area contributed by atoms with Crippen LogP contribution in [0.25, 0.3) is 6.08 Å². The molecular weight excluding hydrogens is 338 g/mol. The largest absolute Gasteiger partial charge is 0.458 e. The van der Waals surface area contributed by atoms with E-state index in [0.29, 0.717) is 0 Å². The summed E-state index contributed by atoms with van der Waals surface area (Å²) < 4.78 is 52.4. The van der Waals surface area contributed by atoms with Gasteiger partial charge in [-0.2, -0.15) is 8.78 Å². The van der Waals surface area contributed by atoms with Crippen LogP contribution in [0.15, 0.2) is 65.6 Å². The van der Waals surface area contributed by atoms with Crippen molar-refractivity contribution in [2.24, 2.45) is 0 Å². The minimum atomic E-state index is -4.67. The summed E-state index contributed by atoms with van der Waals surface area (Å²) in [6.07, 6.45) is 3.44. The second-order valence-corrected chi connectivity index (χ2v) is 6.66. The fourth-order valence-corrected chi connectivity index (χ4v) is 2.56. The second kappa shape index (κ2) is 7.83. The van der Waals surface area contributed by atoms with E-state index in [9.17, 15) is 22.0 Å². The monoisotopic (exact) mass is 352 g/mol. The first-order valence-corrected chi connectivity index (χ1v) is 8.47. The maximum Gasteiger partial charge on any atom is 0.341 e. The molecule has 2 aromatic carbocycles. The summed E-state index contributed by atoms with van der Waals surface area (Å²) in [6, 6.07) is 13.6. The molecule has 0 spiro atoms. The van der Waals surface area contributed by atoms with Crippen LogP contribution < -0.4 is 0 Å². The van der Waals surface area contributed by atoms with E-state index >= 15 is 0 Å². The van der Waals surface area contributed by atoms with Gasteiger partial charge in [-0.15, -0.1) is 0 Å². The summed E-state index contributed by atoms with van der Waals surface area (Å²) in [4.78, 5) is 11.3. The lowest BCUT2D eigenvalue weighted by atomic mass is 10.2. The molecule has 0 bridgehead atoms. The average molecular weight is 352 g/mol. The summed E-state index contributed by atoms with van der Waals surface area (Å²) in [6.45, 7) is 0.0326. The summed E-state index contributed by atoms with van der Waals surface area (Å²) in [5.41, 5.74) is 1.03. The maximum atomic E-state index is 12.4. The Morgan fingerprint density at radius 1 is 1.04 bits per heavy atom. The van der Waals surface area contributed by atoms with Crippen LogP contribution >= 0.6 is 0 Å². The number of halogens is 2. The van der Waals surface area contributed by atoms with E-state index in [1.54, 1.807) is 12.2 Å². The zero-order valence-electron chi connectivity index (χ0n) is 12.4. The Balaban J connectivity index is 1.95. The normalized spacial score (nSPS) is 11.8. The number of sulfone groups is 1. The summed E-state index contributed by atoms with van der Waals surface area (Å²) in [5, 5.41) is 0. The number of alkyl halides is 2. The van der Waals surface area contributed by atoms with E-state index in [1.807, 2.05) is 30.3 Å². The number of carbonyl (C=O) groups excluding carboxylic acids is 1. The fraction of sp³-hybridized carbons (Fsp3) is 0.118. The number of ether oxygens (including phenoxy) is 1. The number of hydrogen-bond donors (Lipinski definition) is 0. The van der Waals surface area contributed by atoms with E-state index < -0.39 is 26.5 Å². The van der Waals surface area contributed by atoms with Gasteiger partial charge in [0.05, 0.1) is 10.5 Å². The summed E-state index contributed by atoms with van der Waals surface area (Å²) in [7, 11) is -4.67. The minimum absolute atomic E-state index is 0.0326. The van der Waals surface area contributed by atoms with Crippen LogP contribution in [0.3, 0.4) is 0 Å². The molecular formula is C17H14F2O4S. The molecule has 0 aliphatic rings. The van der Waals surface area contributed by atoms with Gasteiger partial charge in [-0.3, -0.25) is 0 Å². The van der Waals surface area contributed by atoms with Crippen LogP contribution in [-0.2, 0) is 14.6 Å². The third-order valence-corrected chi connectivity index (χ3v) is 4.47. The van der Waals surface area contributed by atoms with Gasteiger partial charge in [-0.05, 0) is 35.9 Å². The summed E-state index contributed by atoms with van der Waals surface area (Å²) >= 11 is 0. The molecule has 0 heterocycles. The van der Waals surface area contributed by atoms with Crippen molar-refractivity contribution in [3.8, 4) is 0 Å². The van der Waals surface area contributed by atoms with Crippen molar-refractivity contribution in [2.75, 3.05) is 6.61 Å². The molecule has 0 N–H and O–H groups in total. The number of hydrogen-bond acceptors (Lipinski definition) is 4. The molecule has 0 atom stereocenters. The Hall–Kier alpha value is -2.54. The molecule has 7 heteroatoms. The SMILES string of the molecule is O=C(OC/C=C/c1ccccc1)c1ccc(S(=O)(=O)C(F)F)cc1. The van der Waals surface area contributed by atoms with Gasteiger partial charge in [0.25, 0.3) is 0 Å². The van der Waals surface area contributed by atoms with Crippen LogP contribution in [0.5, 0.6) is 0 Å². The fourth-order valence-electron chi connectivity index (χ4n) is 1.84. The maximum absolute atomic E-state index is 12.4. The van der Waals surface area contributed by atoms with Crippen molar-refractivity contribution in [3.05, 3.63) is 71.8 Å². The number of esters is 1. The molecule has 126 valence electrons. The van der Waals surface area contributed by atoms with Crippen LogP contribution in [0.1, 0.15) is 15.9 Å². The lowest BCUT2D eigenvalue weighted by Crippen LogP contribution is -2.12. The predicted octanol–water partition coefficient (Wildman–Crippen LogP) is 3.55.